The van der Waals surface area contributed by atoms with Crippen LogP contribution in [0.1, 0.15) is 28.3 Å². The molecule has 0 saturated carbocycles. The van der Waals surface area contributed by atoms with Gasteiger partial charge in [0.05, 0.1) is 26.5 Å². The Labute approximate surface area is 199 Å². The molecule has 0 unspecified atom stereocenters. The summed E-state index contributed by atoms with van der Waals surface area (Å²) in [5.41, 5.74) is 5.65. The van der Waals surface area contributed by atoms with Crippen molar-refractivity contribution in [3.63, 3.8) is 0 Å². The number of rotatable bonds is 7. The van der Waals surface area contributed by atoms with Crippen molar-refractivity contribution in [3.05, 3.63) is 89.3 Å². The fraction of sp³-hybridized carbons (Fsp3) is 0.250. The van der Waals surface area contributed by atoms with E-state index in [0.29, 0.717) is 6.61 Å². The fourth-order valence-corrected chi connectivity index (χ4v) is 4.49. The van der Waals surface area contributed by atoms with Crippen molar-refractivity contribution >= 4 is 17.1 Å². The van der Waals surface area contributed by atoms with Gasteiger partial charge in [-0.25, -0.2) is 4.98 Å². The molecule has 2 aromatic heterocycles. The van der Waals surface area contributed by atoms with Gasteiger partial charge < -0.3 is 24.1 Å². The van der Waals surface area contributed by atoms with E-state index in [9.17, 15) is 0 Å². The molecule has 4 aromatic rings. The molecule has 1 N–H and O–H groups in total. The molecule has 1 atom stereocenters. The van der Waals surface area contributed by atoms with Crippen LogP contribution >= 0.6 is 0 Å². The molecular formula is C28H29N3O3. The van der Waals surface area contributed by atoms with Crippen LogP contribution in [0.25, 0.3) is 17.1 Å². The number of benzene rings is 2. The summed E-state index contributed by atoms with van der Waals surface area (Å²) in [6, 6.07) is 16.5. The summed E-state index contributed by atoms with van der Waals surface area (Å²) in [6.07, 6.45) is 9.15. The highest BCUT2D eigenvalue weighted by molar-refractivity contribution is 5.87. The SMILES string of the molecule is COc1cnc2c(c1)c(/C=C/[C@H]1NCCc3cc(OCc4ccccc4)c(OC)cc31)cn2C. The number of nitrogens with one attached hydrogen (secondary N) is 1. The van der Waals surface area contributed by atoms with Crippen LogP contribution in [0.3, 0.4) is 0 Å². The lowest BCUT2D eigenvalue weighted by molar-refractivity contribution is 0.283. The number of nitrogens with zero attached hydrogens (tertiary/aromatic N) is 2. The zero-order valence-corrected chi connectivity index (χ0v) is 19.7. The van der Waals surface area contributed by atoms with Crippen LogP contribution in [0, 0.1) is 0 Å². The number of methoxy groups -OCH3 is 2. The molecule has 6 heteroatoms. The first kappa shape index (κ1) is 22.0. The van der Waals surface area contributed by atoms with Crippen LogP contribution in [-0.2, 0) is 20.1 Å². The molecule has 5 rings (SSSR count). The van der Waals surface area contributed by atoms with E-state index in [-0.39, 0.29) is 6.04 Å². The zero-order chi connectivity index (χ0) is 23.5. The van der Waals surface area contributed by atoms with Crippen molar-refractivity contribution < 1.29 is 14.2 Å². The summed E-state index contributed by atoms with van der Waals surface area (Å²) >= 11 is 0. The van der Waals surface area contributed by atoms with Crippen LogP contribution in [0.5, 0.6) is 17.2 Å². The summed E-state index contributed by atoms with van der Waals surface area (Å²) in [5, 5.41) is 4.69. The summed E-state index contributed by atoms with van der Waals surface area (Å²) in [7, 11) is 5.36. The van der Waals surface area contributed by atoms with Gasteiger partial charge in [0.15, 0.2) is 11.5 Å². The van der Waals surface area contributed by atoms with Gasteiger partial charge in [-0.3, -0.25) is 0 Å². The quantitative estimate of drug-likeness (QED) is 0.422. The van der Waals surface area contributed by atoms with E-state index in [1.807, 2.05) is 35.9 Å². The number of hydrogen-bond acceptors (Lipinski definition) is 5. The van der Waals surface area contributed by atoms with Gasteiger partial charge in [0.1, 0.15) is 18.0 Å². The van der Waals surface area contributed by atoms with Crippen LogP contribution in [-0.4, -0.2) is 30.3 Å². The number of aromatic nitrogens is 2. The van der Waals surface area contributed by atoms with E-state index in [1.54, 1.807) is 20.4 Å². The smallest absolute Gasteiger partial charge is 0.161 e. The summed E-state index contributed by atoms with van der Waals surface area (Å²) < 4.78 is 19.2. The molecule has 3 heterocycles. The normalized spacial score (nSPS) is 15.4. The fourth-order valence-electron chi connectivity index (χ4n) is 4.49. The predicted molar refractivity (Wildman–Crippen MR) is 135 cm³/mol. The largest absolute Gasteiger partial charge is 0.495 e. The van der Waals surface area contributed by atoms with Crippen LogP contribution in [0.4, 0.5) is 0 Å². The molecular weight excluding hydrogens is 426 g/mol. The summed E-state index contributed by atoms with van der Waals surface area (Å²) in [6.45, 7) is 1.41. The molecule has 0 saturated heterocycles. The van der Waals surface area contributed by atoms with Gasteiger partial charge in [0, 0.05) is 30.7 Å². The summed E-state index contributed by atoms with van der Waals surface area (Å²) in [4.78, 5) is 4.53. The van der Waals surface area contributed by atoms with Crippen LogP contribution < -0.4 is 19.5 Å². The Kier molecular flexibility index (Phi) is 6.23. The second-order valence-electron chi connectivity index (χ2n) is 8.46. The van der Waals surface area contributed by atoms with Gasteiger partial charge in [-0.1, -0.05) is 42.5 Å². The lowest BCUT2D eigenvalue weighted by Crippen LogP contribution is -2.28. The molecule has 0 bridgehead atoms. The third kappa shape index (κ3) is 4.37. The minimum Gasteiger partial charge on any atom is -0.495 e. The lowest BCUT2D eigenvalue weighted by atomic mass is 9.93. The summed E-state index contributed by atoms with van der Waals surface area (Å²) in [5.74, 6) is 2.28. The Morgan fingerprint density at radius 2 is 1.94 bits per heavy atom. The molecule has 0 amide bonds. The zero-order valence-electron chi connectivity index (χ0n) is 19.7. The van der Waals surface area contributed by atoms with Crippen molar-refractivity contribution in [1.29, 1.82) is 0 Å². The highest BCUT2D eigenvalue weighted by Gasteiger charge is 2.21. The first-order valence-corrected chi connectivity index (χ1v) is 11.4. The monoisotopic (exact) mass is 455 g/mol. The van der Waals surface area contributed by atoms with Crippen molar-refractivity contribution in [2.45, 2.75) is 19.1 Å². The number of pyridine rings is 1. The van der Waals surface area contributed by atoms with E-state index >= 15 is 0 Å². The highest BCUT2D eigenvalue weighted by Crippen LogP contribution is 2.36. The van der Waals surface area contributed by atoms with E-state index in [1.165, 1.54) is 11.1 Å². The predicted octanol–water partition coefficient (Wildman–Crippen LogP) is 5.07. The average Bonchev–Trinajstić information content (AvgIpc) is 3.20. The molecule has 1 aliphatic heterocycles. The van der Waals surface area contributed by atoms with Crippen LogP contribution in [0.2, 0.25) is 0 Å². The molecule has 0 fully saturated rings. The lowest BCUT2D eigenvalue weighted by Gasteiger charge is -2.26. The van der Waals surface area contributed by atoms with Gasteiger partial charge in [0.2, 0.25) is 0 Å². The number of fused-ring (bicyclic) bond motifs is 2. The molecule has 0 spiro atoms. The maximum Gasteiger partial charge on any atom is 0.161 e. The van der Waals surface area contributed by atoms with Gasteiger partial charge in [-0.15, -0.1) is 0 Å². The van der Waals surface area contributed by atoms with Gasteiger partial charge >= 0.3 is 0 Å². The Morgan fingerprint density at radius 3 is 2.74 bits per heavy atom. The van der Waals surface area contributed by atoms with Crippen molar-refractivity contribution in [3.8, 4) is 17.2 Å². The molecule has 2 aromatic carbocycles. The maximum absolute atomic E-state index is 6.13. The number of ether oxygens (including phenoxy) is 3. The first-order valence-electron chi connectivity index (χ1n) is 11.4. The minimum atomic E-state index is 0.0784. The van der Waals surface area contributed by atoms with Gasteiger partial charge in [-0.2, -0.15) is 0 Å². The van der Waals surface area contributed by atoms with Crippen molar-refractivity contribution in [1.82, 2.24) is 14.9 Å². The van der Waals surface area contributed by atoms with Crippen LogP contribution in [0.15, 0.2) is 67.0 Å². The Bertz CT molecular complexity index is 1330. The van der Waals surface area contributed by atoms with E-state index in [2.05, 4.69) is 52.9 Å². The topological polar surface area (TPSA) is 57.5 Å². The molecule has 174 valence electrons. The molecule has 0 aliphatic carbocycles. The van der Waals surface area contributed by atoms with Crippen molar-refractivity contribution in [2.24, 2.45) is 7.05 Å². The molecule has 1 aliphatic rings. The van der Waals surface area contributed by atoms with Gasteiger partial charge in [0.25, 0.3) is 0 Å². The van der Waals surface area contributed by atoms with Crippen molar-refractivity contribution in [2.75, 3.05) is 20.8 Å². The third-order valence-corrected chi connectivity index (χ3v) is 6.28. The number of aryl methyl sites for hydroxylation is 1. The van der Waals surface area contributed by atoms with E-state index in [4.69, 9.17) is 14.2 Å². The second-order valence-corrected chi connectivity index (χ2v) is 8.46. The van der Waals surface area contributed by atoms with E-state index < -0.39 is 0 Å². The standard InChI is InChI=1S/C28H29N3O3/c1-31-17-21(24-14-22(32-2)16-30-28(24)31)9-10-25-23-15-26(33-3)27(13-20(23)11-12-29-25)34-18-19-7-5-4-6-8-19/h4-10,13-17,25,29H,11-12,18H2,1-3H3/b10-9+/t25-/m1/s1. The maximum atomic E-state index is 6.13. The molecule has 0 radical (unpaired) electrons. The number of hydrogen-bond donors (Lipinski definition) is 1. The average molecular weight is 456 g/mol. The molecule has 6 nitrogen and oxygen atoms in total. The van der Waals surface area contributed by atoms with Gasteiger partial charge in [-0.05, 0) is 41.3 Å². The Balaban J connectivity index is 1.42. The molecule has 34 heavy (non-hydrogen) atoms. The Hall–Kier alpha value is -3.77. The first-order chi connectivity index (χ1) is 16.7. The van der Waals surface area contributed by atoms with E-state index in [0.717, 1.165) is 52.4 Å². The second kappa shape index (κ2) is 9.61. The Morgan fingerprint density at radius 1 is 1.09 bits per heavy atom. The highest BCUT2D eigenvalue weighted by atomic mass is 16.5. The minimum absolute atomic E-state index is 0.0784. The third-order valence-electron chi connectivity index (χ3n) is 6.28.